The molecule has 0 spiro atoms. The Labute approximate surface area is 208 Å². The molecule has 0 aliphatic heterocycles. The average molecular weight is 471 g/mol. The van der Waals surface area contributed by atoms with E-state index in [1.165, 1.54) is 27.8 Å². The molecule has 0 heterocycles. The molecule has 0 amide bonds. The smallest absolute Gasteiger partial charge is 0.335 e. The summed E-state index contributed by atoms with van der Waals surface area (Å²) in [5.41, 5.74) is 7.64. The zero-order chi connectivity index (χ0) is 24.5. The number of fused-ring (bicyclic) bond motifs is 2. The van der Waals surface area contributed by atoms with E-state index in [-0.39, 0.29) is 5.97 Å². The molecule has 0 radical (unpaired) electrons. The Morgan fingerprint density at radius 1 is 0.971 bits per heavy atom. The van der Waals surface area contributed by atoms with Crippen molar-refractivity contribution in [3.63, 3.8) is 0 Å². The van der Waals surface area contributed by atoms with Crippen LogP contribution in [-0.2, 0) is 20.7 Å². The van der Waals surface area contributed by atoms with Gasteiger partial charge in [0.15, 0.2) is 6.10 Å². The van der Waals surface area contributed by atoms with Crippen molar-refractivity contribution in [2.75, 3.05) is 19.8 Å². The molecule has 35 heavy (non-hydrogen) atoms. The Balaban J connectivity index is 1.35. The lowest BCUT2D eigenvalue weighted by Crippen LogP contribution is -2.28. The Hall–Kier alpha value is -3.37. The molecule has 2 aliphatic rings. The summed E-state index contributed by atoms with van der Waals surface area (Å²) in [6.07, 6.45) is 14.1. The zero-order valence-corrected chi connectivity index (χ0v) is 20.7. The summed E-state index contributed by atoms with van der Waals surface area (Å²) in [6.45, 7) is 5.09. The van der Waals surface area contributed by atoms with Gasteiger partial charge in [-0.05, 0) is 72.2 Å². The number of carbonyl (C=O) groups excluding carboxylic acids is 1. The summed E-state index contributed by atoms with van der Waals surface area (Å²) < 4.78 is 16.7. The molecule has 0 N–H and O–H groups in total. The largest absolute Gasteiger partial charge is 0.493 e. The Morgan fingerprint density at radius 2 is 1.77 bits per heavy atom. The van der Waals surface area contributed by atoms with Crippen LogP contribution >= 0.6 is 0 Å². The second-order valence-corrected chi connectivity index (χ2v) is 8.59. The van der Waals surface area contributed by atoms with Gasteiger partial charge in [-0.3, -0.25) is 0 Å². The molecular formula is C31H34O4. The van der Waals surface area contributed by atoms with Crippen molar-refractivity contribution in [1.29, 1.82) is 0 Å². The van der Waals surface area contributed by atoms with E-state index < -0.39 is 6.10 Å². The van der Waals surface area contributed by atoms with E-state index in [1.54, 1.807) is 6.92 Å². The third kappa shape index (κ3) is 6.40. The van der Waals surface area contributed by atoms with Gasteiger partial charge in [-0.25, -0.2) is 4.79 Å². The summed E-state index contributed by atoms with van der Waals surface area (Å²) in [4.78, 5) is 12.1. The van der Waals surface area contributed by atoms with Crippen LogP contribution in [0.2, 0.25) is 0 Å². The molecule has 0 saturated carbocycles. The average Bonchev–Trinajstić information content (AvgIpc) is 3.05. The lowest BCUT2D eigenvalue weighted by Gasteiger charge is -2.16. The third-order valence-corrected chi connectivity index (χ3v) is 6.23. The highest BCUT2D eigenvalue weighted by atomic mass is 16.6. The van der Waals surface area contributed by atoms with E-state index in [9.17, 15) is 4.79 Å². The molecule has 0 saturated heterocycles. The maximum absolute atomic E-state index is 12.1. The van der Waals surface area contributed by atoms with E-state index in [1.807, 2.05) is 31.2 Å². The first kappa shape index (κ1) is 24.7. The fourth-order valence-electron chi connectivity index (χ4n) is 4.55. The van der Waals surface area contributed by atoms with Crippen molar-refractivity contribution in [3.05, 3.63) is 101 Å². The minimum Gasteiger partial charge on any atom is -0.493 e. The van der Waals surface area contributed by atoms with Crippen molar-refractivity contribution in [1.82, 2.24) is 0 Å². The van der Waals surface area contributed by atoms with E-state index >= 15 is 0 Å². The molecule has 1 atom stereocenters. The topological polar surface area (TPSA) is 44.8 Å². The maximum atomic E-state index is 12.1. The lowest BCUT2D eigenvalue weighted by atomic mass is 9.89. The highest BCUT2D eigenvalue weighted by molar-refractivity contribution is 5.89. The molecule has 0 fully saturated rings. The van der Waals surface area contributed by atoms with Crippen LogP contribution < -0.4 is 4.74 Å². The predicted octanol–water partition coefficient (Wildman–Crippen LogP) is 6.72. The number of ether oxygens (including phenoxy) is 3. The van der Waals surface area contributed by atoms with Gasteiger partial charge in [0.25, 0.3) is 0 Å². The molecule has 0 aromatic heterocycles. The number of benzene rings is 2. The van der Waals surface area contributed by atoms with Crippen LogP contribution in [-0.4, -0.2) is 31.9 Å². The number of rotatable bonds is 10. The molecule has 4 rings (SSSR count). The summed E-state index contributed by atoms with van der Waals surface area (Å²) >= 11 is 0. The van der Waals surface area contributed by atoms with E-state index in [0.29, 0.717) is 26.2 Å². The monoisotopic (exact) mass is 470 g/mol. The van der Waals surface area contributed by atoms with Gasteiger partial charge >= 0.3 is 5.97 Å². The normalized spacial score (nSPS) is 16.5. The Morgan fingerprint density at radius 3 is 2.54 bits per heavy atom. The summed E-state index contributed by atoms with van der Waals surface area (Å²) in [6, 6.07) is 16.5. The summed E-state index contributed by atoms with van der Waals surface area (Å²) in [5, 5.41) is 0. The van der Waals surface area contributed by atoms with Crippen LogP contribution in [0.1, 0.15) is 49.8 Å². The first-order chi connectivity index (χ1) is 17.2. The first-order valence-corrected chi connectivity index (χ1v) is 12.6. The van der Waals surface area contributed by atoms with Gasteiger partial charge < -0.3 is 14.2 Å². The molecular weight excluding hydrogens is 436 g/mol. The Bertz CT molecular complexity index is 1130. The van der Waals surface area contributed by atoms with Gasteiger partial charge in [0, 0.05) is 19.4 Å². The number of esters is 1. The van der Waals surface area contributed by atoms with Gasteiger partial charge in [-0.2, -0.15) is 0 Å². The van der Waals surface area contributed by atoms with Crippen LogP contribution in [0.15, 0.2) is 84.5 Å². The second kappa shape index (κ2) is 12.4. The van der Waals surface area contributed by atoms with E-state index in [0.717, 1.165) is 30.6 Å². The van der Waals surface area contributed by atoms with Gasteiger partial charge in [-0.1, -0.05) is 66.8 Å². The summed E-state index contributed by atoms with van der Waals surface area (Å²) in [7, 11) is 0. The first-order valence-electron chi connectivity index (χ1n) is 12.6. The van der Waals surface area contributed by atoms with Crippen LogP contribution in [0, 0.1) is 0 Å². The van der Waals surface area contributed by atoms with Gasteiger partial charge in [0.2, 0.25) is 0 Å². The van der Waals surface area contributed by atoms with E-state index in [2.05, 4.69) is 54.6 Å². The third-order valence-electron chi connectivity index (χ3n) is 6.23. The van der Waals surface area contributed by atoms with Gasteiger partial charge in [-0.15, -0.1) is 0 Å². The van der Waals surface area contributed by atoms with Crippen LogP contribution in [0.5, 0.6) is 5.75 Å². The second-order valence-electron chi connectivity index (χ2n) is 8.59. The summed E-state index contributed by atoms with van der Waals surface area (Å²) in [5.74, 6) is 0.499. The highest BCUT2D eigenvalue weighted by Crippen LogP contribution is 2.37. The molecule has 2 aliphatic carbocycles. The predicted molar refractivity (Wildman–Crippen MR) is 141 cm³/mol. The number of hydrogen-bond acceptors (Lipinski definition) is 4. The standard InChI is InChI=1S/C31H34O4/c1-3-33-30(31(32)34-4-2)22-23-15-19-26(20-16-23)35-21-9-11-25-18-17-24-10-5-6-12-27(24)29-14-8-7-13-28(25)29/h5,7-8,10-11,13-20,30H,3-4,6,9,12,21-22H2,1-2H3. The SMILES string of the molecule is CCOC(=O)C(Cc1ccc(OCCC=C2C=CC3=C(CCC=C3)c3ccccc32)cc1)OCC. The van der Waals surface area contributed by atoms with Crippen molar-refractivity contribution >= 4 is 17.1 Å². The fraction of sp³-hybridized carbons (Fsp3) is 0.323. The van der Waals surface area contributed by atoms with Crippen LogP contribution in [0.3, 0.4) is 0 Å². The van der Waals surface area contributed by atoms with Crippen molar-refractivity contribution < 1.29 is 19.0 Å². The molecule has 1 unspecified atom stereocenters. The fourth-order valence-corrected chi connectivity index (χ4v) is 4.55. The van der Waals surface area contributed by atoms with Crippen molar-refractivity contribution in [2.24, 2.45) is 0 Å². The number of carbonyl (C=O) groups is 1. The molecule has 2 aromatic carbocycles. The number of hydrogen-bond donors (Lipinski definition) is 0. The van der Waals surface area contributed by atoms with Crippen LogP contribution in [0.25, 0.3) is 11.1 Å². The van der Waals surface area contributed by atoms with Gasteiger partial charge in [0.05, 0.1) is 13.2 Å². The van der Waals surface area contributed by atoms with Gasteiger partial charge in [0.1, 0.15) is 5.75 Å². The lowest BCUT2D eigenvalue weighted by molar-refractivity contribution is -0.156. The Kier molecular flexibility index (Phi) is 8.74. The van der Waals surface area contributed by atoms with E-state index in [4.69, 9.17) is 14.2 Å². The van der Waals surface area contributed by atoms with Crippen molar-refractivity contribution in [3.8, 4) is 5.75 Å². The molecule has 0 bridgehead atoms. The quantitative estimate of drug-likeness (QED) is 0.285. The molecule has 4 nitrogen and oxygen atoms in total. The highest BCUT2D eigenvalue weighted by Gasteiger charge is 2.20. The zero-order valence-electron chi connectivity index (χ0n) is 20.7. The molecule has 2 aromatic rings. The minimum atomic E-state index is -0.579. The van der Waals surface area contributed by atoms with Crippen molar-refractivity contribution in [2.45, 2.75) is 45.6 Å². The van der Waals surface area contributed by atoms with Crippen LogP contribution in [0.4, 0.5) is 0 Å². The maximum Gasteiger partial charge on any atom is 0.335 e. The number of allylic oxidation sites excluding steroid dienone is 7. The minimum absolute atomic E-state index is 0.316. The molecule has 182 valence electrons. The molecule has 4 heteroatoms.